The highest BCUT2D eigenvalue weighted by Crippen LogP contribution is 1.99. The third-order valence-electron chi connectivity index (χ3n) is 1.26. The number of benzene rings is 1. The summed E-state index contributed by atoms with van der Waals surface area (Å²) >= 11 is 0. The predicted molar refractivity (Wildman–Crippen MR) is 63.9 cm³/mol. The fourth-order valence-corrected chi connectivity index (χ4v) is 0.739. The summed E-state index contributed by atoms with van der Waals surface area (Å²) in [7, 11) is 0. The molecule has 0 fully saturated rings. The summed E-state index contributed by atoms with van der Waals surface area (Å²) < 4.78 is 53.9. The van der Waals surface area contributed by atoms with E-state index in [1.54, 1.807) is 0 Å². The molecule has 0 aliphatic carbocycles. The molecule has 4 N–H and O–H groups in total. The Balaban J connectivity index is 3.36. The molecule has 0 aromatic heterocycles. The zero-order chi connectivity index (χ0) is 17.3. The first kappa shape index (κ1) is 4.79. The van der Waals surface area contributed by atoms with E-state index >= 15 is 0 Å². The molecule has 0 amide bonds. The van der Waals surface area contributed by atoms with Gasteiger partial charge in [0.1, 0.15) is 0 Å². The summed E-state index contributed by atoms with van der Waals surface area (Å²) in [6.07, 6.45) is -2.69. The number of nitrogens with two attached hydrogens (primary N) is 2. The van der Waals surface area contributed by atoms with Crippen LogP contribution in [0.5, 0.6) is 0 Å². The first-order valence-corrected chi connectivity index (χ1v) is 4.13. The number of aryl methyl sites for hydroxylation is 1. The monoisotopic (exact) mass is 211 g/mol. The number of amidine groups is 1. The van der Waals surface area contributed by atoms with E-state index < -0.39 is 18.8 Å². The van der Waals surface area contributed by atoms with E-state index in [0.717, 1.165) is 12.1 Å². The van der Waals surface area contributed by atoms with E-state index in [1.165, 1.54) is 6.92 Å². The van der Waals surface area contributed by atoms with Crippen molar-refractivity contribution >= 4 is 11.8 Å². The van der Waals surface area contributed by atoms with Crippen molar-refractivity contribution in [3.8, 4) is 0 Å². The molecule has 1 aromatic carbocycles. The van der Waals surface area contributed by atoms with Crippen molar-refractivity contribution in [1.82, 2.24) is 0 Å². The Hall–Kier alpha value is -1.84. The van der Waals surface area contributed by atoms with E-state index in [0.29, 0.717) is 0 Å². The summed E-state index contributed by atoms with van der Waals surface area (Å²) in [5, 5.41) is 0. The quantitative estimate of drug-likeness (QED) is 0.576. The second-order valence-electron chi connectivity index (χ2n) is 2.62. The van der Waals surface area contributed by atoms with Crippen molar-refractivity contribution in [2.75, 3.05) is 6.50 Å². The lowest BCUT2D eigenvalue weighted by Crippen LogP contribution is -2.16. The highest BCUT2D eigenvalue weighted by molar-refractivity contribution is 5.93. The van der Waals surface area contributed by atoms with Crippen molar-refractivity contribution in [1.29, 1.82) is 0 Å². The van der Waals surface area contributed by atoms with Crippen LogP contribution in [-0.2, 0) is 6.37 Å². The number of aliphatic imine (C=N–C) groups is 2. The SMILES string of the molecule is [2H]c1cc(C([2H])([2H])C([2H])([2H])N=C(N)N=C(C)N)cc([2H])c1[2H]. The molecule has 0 unspecified atom stereocenters. The van der Waals surface area contributed by atoms with Gasteiger partial charge < -0.3 is 11.5 Å². The van der Waals surface area contributed by atoms with E-state index in [1.807, 2.05) is 0 Å². The molecule has 4 nitrogen and oxygen atoms in total. The minimum atomic E-state index is -2.81. The molecular formula is C11H16N4. The van der Waals surface area contributed by atoms with Gasteiger partial charge in [-0.05, 0) is 18.9 Å². The molecule has 0 atom stereocenters. The van der Waals surface area contributed by atoms with Gasteiger partial charge in [0.15, 0.2) is 0 Å². The van der Waals surface area contributed by atoms with Crippen molar-refractivity contribution in [2.45, 2.75) is 13.3 Å². The van der Waals surface area contributed by atoms with Crippen LogP contribution in [0.25, 0.3) is 0 Å². The van der Waals surface area contributed by atoms with Gasteiger partial charge in [-0.3, -0.25) is 4.99 Å². The maximum Gasteiger partial charge on any atom is 0.216 e. The van der Waals surface area contributed by atoms with Gasteiger partial charge in [0.2, 0.25) is 5.96 Å². The van der Waals surface area contributed by atoms with Crippen LogP contribution in [0.15, 0.2) is 40.2 Å². The van der Waals surface area contributed by atoms with Crippen molar-refractivity contribution in [3.63, 3.8) is 0 Å². The summed E-state index contributed by atoms with van der Waals surface area (Å²) in [4.78, 5) is 6.93. The fourth-order valence-electron chi connectivity index (χ4n) is 0.739. The van der Waals surface area contributed by atoms with Crippen LogP contribution in [0.3, 0.4) is 0 Å². The highest BCUT2D eigenvalue weighted by Gasteiger charge is 1.91. The smallest absolute Gasteiger partial charge is 0.216 e. The molecular weight excluding hydrogens is 188 g/mol. The van der Waals surface area contributed by atoms with Crippen molar-refractivity contribution in [2.24, 2.45) is 21.5 Å². The van der Waals surface area contributed by atoms with Gasteiger partial charge >= 0.3 is 0 Å². The first-order valence-electron chi connectivity index (χ1n) is 7.63. The Morgan fingerprint density at radius 1 is 1.40 bits per heavy atom. The van der Waals surface area contributed by atoms with Crippen LogP contribution in [-0.4, -0.2) is 18.3 Å². The van der Waals surface area contributed by atoms with E-state index in [2.05, 4.69) is 9.98 Å². The average Bonchev–Trinajstić information content (AvgIpc) is 2.33. The molecule has 15 heavy (non-hydrogen) atoms. The van der Waals surface area contributed by atoms with Crippen LogP contribution >= 0.6 is 0 Å². The van der Waals surface area contributed by atoms with Gasteiger partial charge in [-0.2, -0.15) is 0 Å². The van der Waals surface area contributed by atoms with Gasteiger partial charge in [-0.15, -0.1) is 0 Å². The predicted octanol–water partition coefficient (Wildman–Crippen LogP) is 0.921. The third kappa shape index (κ3) is 4.81. The Morgan fingerprint density at radius 2 is 2.07 bits per heavy atom. The topological polar surface area (TPSA) is 76.8 Å². The maximum atomic E-state index is 7.93. The van der Waals surface area contributed by atoms with Gasteiger partial charge in [-0.1, -0.05) is 30.3 Å². The summed E-state index contributed by atoms with van der Waals surface area (Å²) in [5.41, 5.74) is 10.4. The molecule has 4 heteroatoms. The van der Waals surface area contributed by atoms with Crippen LogP contribution < -0.4 is 11.5 Å². The Bertz CT molecular complexity index is 612. The Morgan fingerprint density at radius 3 is 2.67 bits per heavy atom. The molecule has 0 bridgehead atoms. The summed E-state index contributed by atoms with van der Waals surface area (Å²) in [6, 6.07) is 0.847. The van der Waals surface area contributed by atoms with Gasteiger partial charge in [0.05, 0.1) is 12.7 Å². The lowest BCUT2D eigenvalue weighted by Gasteiger charge is -1.97. The lowest BCUT2D eigenvalue weighted by atomic mass is 10.2. The third-order valence-corrected chi connectivity index (χ3v) is 1.26. The van der Waals surface area contributed by atoms with Gasteiger partial charge in [0, 0.05) is 9.24 Å². The second kappa shape index (κ2) is 5.80. The second-order valence-corrected chi connectivity index (χ2v) is 2.62. The van der Waals surface area contributed by atoms with E-state index in [-0.39, 0.29) is 29.5 Å². The molecule has 0 aliphatic heterocycles. The molecule has 0 saturated heterocycles. The van der Waals surface area contributed by atoms with Crippen LogP contribution in [0.4, 0.5) is 0 Å². The molecule has 0 spiro atoms. The molecule has 1 rings (SSSR count). The number of hydrogen-bond acceptors (Lipinski definition) is 1. The zero-order valence-corrected chi connectivity index (χ0v) is 8.20. The summed E-state index contributed by atoms with van der Waals surface area (Å²) in [6.45, 7) is -1.39. The molecule has 0 aliphatic rings. The number of guanidine groups is 1. The number of hydrogen-bond donors (Lipinski definition) is 2. The Labute approximate surface area is 99.6 Å². The zero-order valence-electron chi connectivity index (χ0n) is 15.2. The highest BCUT2D eigenvalue weighted by atomic mass is 15.1. The standard InChI is InChI=1S/C11H16N4/c1-9(12)15-11(13)14-8-7-10-5-3-2-4-6-10/h2-6H,7-8H2,1H3,(H4,12,13,14,15)/i2D,3D,4D,7D2,8D2. The maximum absolute atomic E-state index is 7.93. The minimum Gasteiger partial charge on any atom is -0.387 e. The normalized spacial score (nSPS) is 21.5. The molecule has 0 saturated carbocycles. The van der Waals surface area contributed by atoms with Crippen molar-refractivity contribution < 1.29 is 9.60 Å². The van der Waals surface area contributed by atoms with Gasteiger partial charge in [0.25, 0.3) is 0 Å². The van der Waals surface area contributed by atoms with Gasteiger partial charge in [-0.25, -0.2) is 4.99 Å². The fraction of sp³-hybridized carbons (Fsp3) is 0.273. The van der Waals surface area contributed by atoms with Crippen LogP contribution in [0.1, 0.15) is 22.1 Å². The molecule has 0 radical (unpaired) electrons. The molecule has 0 heterocycles. The lowest BCUT2D eigenvalue weighted by molar-refractivity contribution is 0.962. The minimum absolute atomic E-state index is 0.0399. The summed E-state index contributed by atoms with van der Waals surface area (Å²) in [5.74, 6) is -0.485. The first-order chi connectivity index (χ1) is 9.88. The average molecular weight is 211 g/mol. The van der Waals surface area contributed by atoms with Crippen LogP contribution in [0, 0.1) is 0 Å². The molecule has 1 aromatic rings. The number of rotatable bonds is 3. The van der Waals surface area contributed by atoms with Crippen molar-refractivity contribution in [3.05, 3.63) is 35.8 Å². The number of nitrogens with zero attached hydrogens (tertiary/aromatic N) is 2. The largest absolute Gasteiger partial charge is 0.387 e. The Kier molecular flexibility index (Phi) is 1.85. The van der Waals surface area contributed by atoms with E-state index in [9.17, 15) is 0 Å². The van der Waals surface area contributed by atoms with Crippen LogP contribution in [0.2, 0.25) is 0 Å². The molecule has 80 valence electrons. The van der Waals surface area contributed by atoms with E-state index in [4.69, 9.17) is 21.1 Å².